The van der Waals surface area contributed by atoms with Gasteiger partial charge in [0.05, 0.1) is 11.5 Å². The van der Waals surface area contributed by atoms with E-state index in [1.54, 1.807) is 26.2 Å². The average molecular weight is 288 g/mol. The number of ether oxygens (including phenoxy) is 2. The predicted molar refractivity (Wildman–Crippen MR) is 72.7 cm³/mol. The van der Waals surface area contributed by atoms with Crippen LogP contribution in [0.5, 0.6) is 5.75 Å². The highest BCUT2D eigenvalue weighted by atomic mass is 32.2. The van der Waals surface area contributed by atoms with Crippen LogP contribution >= 0.6 is 0 Å². The van der Waals surface area contributed by atoms with Gasteiger partial charge in [0.25, 0.3) is 0 Å². The van der Waals surface area contributed by atoms with Gasteiger partial charge in [0.15, 0.2) is 0 Å². The maximum absolute atomic E-state index is 11.9. The van der Waals surface area contributed by atoms with Gasteiger partial charge in [-0.1, -0.05) is 0 Å². The van der Waals surface area contributed by atoms with Gasteiger partial charge in [0, 0.05) is 19.7 Å². The van der Waals surface area contributed by atoms with Gasteiger partial charge in [0.2, 0.25) is 10.0 Å². The van der Waals surface area contributed by atoms with E-state index in [2.05, 4.69) is 4.72 Å². The smallest absolute Gasteiger partial charge is 0.240 e. The molecule has 0 heterocycles. The first-order valence-corrected chi connectivity index (χ1v) is 7.42. The quantitative estimate of drug-likeness (QED) is 0.673. The Hall–Kier alpha value is -1.15. The van der Waals surface area contributed by atoms with Crippen molar-refractivity contribution in [3.05, 3.63) is 24.3 Å². The molecule has 19 heavy (non-hydrogen) atoms. The summed E-state index contributed by atoms with van der Waals surface area (Å²) in [5.41, 5.74) is 5.39. The van der Waals surface area contributed by atoms with E-state index in [1.807, 2.05) is 0 Å². The average Bonchev–Trinajstić information content (AvgIpc) is 2.39. The summed E-state index contributed by atoms with van der Waals surface area (Å²) in [4.78, 5) is 0.187. The fourth-order valence-corrected chi connectivity index (χ4v) is 2.60. The highest BCUT2D eigenvalue weighted by Gasteiger charge is 2.16. The van der Waals surface area contributed by atoms with E-state index >= 15 is 0 Å². The SMILES string of the molecule is COCCOc1ccc(S(=O)(=O)NC(C)CN)cc1. The fourth-order valence-electron chi connectivity index (χ4n) is 1.34. The van der Waals surface area contributed by atoms with Crippen LogP contribution in [0.25, 0.3) is 0 Å². The number of methoxy groups -OCH3 is 1. The number of hydrogen-bond acceptors (Lipinski definition) is 5. The molecule has 1 aromatic rings. The summed E-state index contributed by atoms with van der Waals surface area (Å²) in [5.74, 6) is 0.600. The lowest BCUT2D eigenvalue weighted by atomic mass is 10.3. The molecule has 0 aliphatic carbocycles. The molecule has 1 aromatic carbocycles. The summed E-state index contributed by atoms with van der Waals surface area (Å²) in [6.45, 7) is 2.86. The molecule has 6 nitrogen and oxygen atoms in total. The zero-order valence-electron chi connectivity index (χ0n) is 11.1. The molecule has 3 N–H and O–H groups in total. The summed E-state index contributed by atoms with van der Waals surface area (Å²) in [6, 6.07) is 5.90. The van der Waals surface area contributed by atoms with Crippen LogP contribution in [0.1, 0.15) is 6.92 Å². The van der Waals surface area contributed by atoms with Crippen LogP contribution in [-0.4, -0.2) is 41.3 Å². The van der Waals surface area contributed by atoms with Gasteiger partial charge >= 0.3 is 0 Å². The Bertz CT molecular complexity index is 473. The molecule has 1 unspecified atom stereocenters. The third kappa shape index (κ3) is 5.15. The maximum Gasteiger partial charge on any atom is 0.240 e. The van der Waals surface area contributed by atoms with Crippen molar-refractivity contribution in [2.24, 2.45) is 5.73 Å². The van der Waals surface area contributed by atoms with Crippen molar-refractivity contribution in [1.82, 2.24) is 4.72 Å². The minimum absolute atomic E-state index is 0.187. The Kier molecular flexibility index (Phi) is 6.23. The molecule has 0 bridgehead atoms. The first kappa shape index (κ1) is 15.9. The van der Waals surface area contributed by atoms with Crippen LogP contribution in [0.4, 0.5) is 0 Å². The van der Waals surface area contributed by atoms with E-state index in [4.69, 9.17) is 15.2 Å². The largest absolute Gasteiger partial charge is 0.491 e. The van der Waals surface area contributed by atoms with E-state index in [1.165, 1.54) is 12.1 Å². The first-order chi connectivity index (χ1) is 8.99. The molecule has 0 aliphatic rings. The highest BCUT2D eigenvalue weighted by Crippen LogP contribution is 2.16. The third-order valence-corrected chi connectivity index (χ3v) is 4.01. The Morgan fingerprint density at radius 1 is 1.26 bits per heavy atom. The molecule has 0 saturated heterocycles. The van der Waals surface area contributed by atoms with Crippen molar-refractivity contribution in [2.45, 2.75) is 17.9 Å². The monoisotopic (exact) mass is 288 g/mol. The number of nitrogens with two attached hydrogens (primary N) is 1. The highest BCUT2D eigenvalue weighted by molar-refractivity contribution is 7.89. The van der Waals surface area contributed by atoms with Crippen LogP contribution in [0, 0.1) is 0 Å². The number of rotatable bonds is 8. The van der Waals surface area contributed by atoms with Crippen molar-refractivity contribution in [3.8, 4) is 5.75 Å². The van der Waals surface area contributed by atoms with E-state index < -0.39 is 10.0 Å². The molecule has 1 rings (SSSR count). The molecule has 0 fully saturated rings. The molecular formula is C12H20N2O4S. The van der Waals surface area contributed by atoms with E-state index in [-0.39, 0.29) is 17.5 Å². The zero-order chi connectivity index (χ0) is 14.3. The van der Waals surface area contributed by atoms with E-state index in [0.717, 1.165) is 0 Å². The first-order valence-electron chi connectivity index (χ1n) is 5.94. The molecule has 0 aromatic heterocycles. The molecular weight excluding hydrogens is 268 g/mol. The second-order valence-corrected chi connectivity index (χ2v) is 5.78. The van der Waals surface area contributed by atoms with Gasteiger partial charge in [-0.25, -0.2) is 13.1 Å². The van der Waals surface area contributed by atoms with Crippen molar-refractivity contribution in [3.63, 3.8) is 0 Å². The topological polar surface area (TPSA) is 90.6 Å². The summed E-state index contributed by atoms with van der Waals surface area (Å²) < 4.78 is 36.6. The minimum atomic E-state index is -3.52. The van der Waals surface area contributed by atoms with Gasteiger partial charge in [-0.15, -0.1) is 0 Å². The molecule has 0 aliphatic heterocycles. The molecule has 0 saturated carbocycles. The minimum Gasteiger partial charge on any atom is -0.491 e. The summed E-state index contributed by atoms with van der Waals surface area (Å²) in [7, 11) is -1.94. The van der Waals surface area contributed by atoms with Gasteiger partial charge in [0.1, 0.15) is 12.4 Å². The summed E-state index contributed by atoms with van der Waals surface area (Å²) >= 11 is 0. The van der Waals surface area contributed by atoms with E-state index in [9.17, 15) is 8.42 Å². The summed E-state index contributed by atoms with van der Waals surface area (Å²) in [6.07, 6.45) is 0. The molecule has 0 spiro atoms. The number of nitrogens with one attached hydrogen (secondary N) is 1. The maximum atomic E-state index is 11.9. The fraction of sp³-hybridized carbons (Fsp3) is 0.500. The van der Waals surface area contributed by atoms with Crippen molar-refractivity contribution in [1.29, 1.82) is 0 Å². The van der Waals surface area contributed by atoms with Crippen molar-refractivity contribution in [2.75, 3.05) is 26.9 Å². The van der Waals surface area contributed by atoms with Crippen molar-refractivity contribution < 1.29 is 17.9 Å². The Morgan fingerprint density at radius 2 is 1.89 bits per heavy atom. The van der Waals surface area contributed by atoms with Crippen LogP contribution in [-0.2, 0) is 14.8 Å². The lowest BCUT2D eigenvalue weighted by molar-refractivity contribution is 0.146. The third-order valence-electron chi connectivity index (χ3n) is 2.40. The number of hydrogen-bond donors (Lipinski definition) is 2. The standard InChI is InChI=1S/C12H20N2O4S/c1-10(9-13)14-19(15,16)12-5-3-11(4-6-12)18-8-7-17-2/h3-6,10,14H,7-9,13H2,1-2H3. The van der Waals surface area contributed by atoms with Gasteiger partial charge in [-0.2, -0.15) is 0 Å². The van der Waals surface area contributed by atoms with Gasteiger partial charge in [-0.3, -0.25) is 0 Å². The summed E-state index contributed by atoms with van der Waals surface area (Å²) in [5, 5.41) is 0. The second-order valence-electron chi connectivity index (χ2n) is 4.07. The Balaban J connectivity index is 2.69. The Morgan fingerprint density at radius 3 is 2.42 bits per heavy atom. The van der Waals surface area contributed by atoms with Crippen LogP contribution in [0.15, 0.2) is 29.2 Å². The number of sulfonamides is 1. The van der Waals surface area contributed by atoms with Gasteiger partial charge in [-0.05, 0) is 31.2 Å². The molecule has 0 radical (unpaired) electrons. The van der Waals surface area contributed by atoms with Crippen LogP contribution in [0.2, 0.25) is 0 Å². The number of benzene rings is 1. The predicted octanol–water partition coefficient (Wildman–Crippen LogP) is 0.337. The van der Waals surface area contributed by atoms with Crippen molar-refractivity contribution >= 4 is 10.0 Å². The normalized spacial score (nSPS) is 13.2. The van der Waals surface area contributed by atoms with E-state index in [0.29, 0.717) is 19.0 Å². The van der Waals surface area contributed by atoms with Crippen LogP contribution < -0.4 is 15.2 Å². The molecule has 1 atom stereocenters. The van der Waals surface area contributed by atoms with Gasteiger partial charge < -0.3 is 15.2 Å². The lowest BCUT2D eigenvalue weighted by Gasteiger charge is -2.12. The lowest BCUT2D eigenvalue weighted by Crippen LogP contribution is -2.37. The Labute approximate surface area is 113 Å². The zero-order valence-corrected chi connectivity index (χ0v) is 11.9. The van der Waals surface area contributed by atoms with Crippen LogP contribution in [0.3, 0.4) is 0 Å². The second kappa shape index (κ2) is 7.44. The molecule has 108 valence electrons. The molecule has 7 heteroatoms. The molecule has 0 amide bonds.